The van der Waals surface area contributed by atoms with Crippen LogP contribution in [0.15, 0.2) is 28.1 Å². The lowest BCUT2D eigenvalue weighted by Gasteiger charge is -2.17. The Labute approximate surface area is 130 Å². The molecule has 18 heavy (non-hydrogen) atoms. The first kappa shape index (κ1) is 14.4. The lowest BCUT2D eigenvalue weighted by Crippen LogP contribution is -2.20. The molecule has 2 aromatic rings. The number of rotatable bonds is 3. The minimum absolute atomic E-state index is 0.0427. The maximum Gasteiger partial charge on any atom is 0.145 e. The summed E-state index contributed by atoms with van der Waals surface area (Å²) in [6.45, 7) is 0. The molecule has 1 N–H and O–H groups in total. The van der Waals surface area contributed by atoms with Crippen molar-refractivity contribution in [1.82, 2.24) is 5.32 Å². The topological polar surface area (TPSA) is 12.0 Å². The molecule has 0 amide bonds. The van der Waals surface area contributed by atoms with Gasteiger partial charge in [-0.15, -0.1) is 11.3 Å². The number of hydrogen-bond acceptors (Lipinski definition) is 2. The average Bonchev–Trinajstić information content (AvgIpc) is 2.76. The molecule has 2 rings (SSSR count). The van der Waals surface area contributed by atoms with Crippen LogP contribution < -0.4 is 5.32 Å². The van der Waals surface area contributed by atoms with Crippen LogP contribution in [0.4, 0.5) is 8.78 Å². The maximum atomic E-state index is 14.1. The smallest absolute Gasteiger partial charge is 0.145 e. The summed E-state index contributed by atoms with van der Waals surface area (Å²) < 4.78 is 29.3. The zero-order valence-corrected chi connectivity index (χ0v) is 13.9. The molecular weight excluding hydrogens is 435 g/mol. The van der Waals surface area contributed by atoms with Crippen molar-refractivity contribution in [3.8, 4) is 0 Å². The van der Waals surface area contributed by atoms with E-state index < -0.39 is 17.7 Å². The summed E-state index contributed by atoms with van der Waals surface area (Å²) in [5.74, 6) is -1.10. The van der Waals surface area contributed by atoms with Gasteiger partial charge in [-0.25, -0.2) is 8.78 Å². The van der Waals surface area contributed by atoms with E-state index >= 15 is 0 Å². The van der Waals surface area contributed by atoms with Crippen molar-refractivity contribution in [3.63, 3.8) is 0 Å². The Kier molecular flexibility index (Phi) is 4.74. The van der Waals surface area contributed by atoms with Gasteiger partial charge < -0.3 is 5.32 Å². The molecule has 0 saturated carbocycles. The summed E-state index contributed by atoms with van der Waals surface area (Å²) in [7, 11) is 1.69. The fourth-order valence-electron chi connectivity index (χ4n) is 1.76. The van der Waals surface area contributed by atoms with E-state index in [1.165, 1.54) is 12.1 Å². The van der Waals surface area contributed by atoms with E-state index in [9.17, 15) is 8.78 Å². The Morgan fingerprint density at radius 3 is 2.67 bits per heavy atom. The van der Waals surface area contributed by atoms with Gasteiger partial charge >= 0.3 is 0 Å². The largest absolute Gasteiger partial charge is 0.309 e. The fourth-order valence-corrected chi connectivity index (χ4v) is 3.50. The number of hydrogen-bond donors (Lipinski definition) is 1. The number of halogens is 4. The van der Waals surface area contributed by atoms with Crippen molar-refractivity contribution in [2.75, 3.05) is 7.05 Å². The standard InChI is InChI=1S/C12H9BrF2INS/c1-17-12(6-4-9(16)18-5-6)10-8(14)3-2-7(13)11(10)15/h2-5,12,17H,1H3. The van der Waals surface area contributed by atoms with Crippen molar-refractivity contribution < 1.29 is 8.78 Å². The van der Waals surface area contributed by atoms with E-state index in [0.29, 0.717) is 0 Å². The predicted molar refractivity (Wildman–Crippen MR) is 82.0 cm³/mol. The summed E-state index contributed by atoms with van der Waals surface area (Å²) in [4.78, 5) is 0. The normalized spacial score (nSPS) is 12.7. The molecule has 0 radical (unpaired) electrons. The number of nitrogens with one attached hydrogen (secondary N) is 1. The summed E-state index contributed by atoms with van der Waals surface area (Å²) >= 11 is 6.82. The van der Waals surface area contributed by atoms with Gasteiger partial charge in [0.1, 0.15) is 11.6 Å². The van der Waals surface area contributed by atoms with Crippen molar-refractivity contribution in [2.24, 2.45) is 0 Å². The third-order valence-corrected chi connectivity index (χ3v) is 5.00. The first-order chi connectivity index (χ1) is 8.54. The highest BCUT2D eigenvalue weighted by Crippen LogP contribution is 2.32. The molecule has 96 valence electrons. The van der Waals surface area contributed by atoms with Crippen LogP contribution >= 0.6 is 49.9 Å². The molecule has 0 spiro atoms. The molecule has 6 heteroatoms. The predicted octanol–water partition coefficient (Wildman–Crippen LogP) is 4.70. The minimum atomic E-state index is -0.560. The molecule has 0 saturated heterocycles. The molecule has 0 aliphatic heterocycles. The number of thiophene rings is 1. The lowest BCUT2D eigenvalue weighted by atomic mass is 10.0. The van der Waals surface area contributed by atoms with Crippen molar-refractivity contribution in [1.29, 1.82) is 0 Å². The highest BCUT2D eigenvalue weighted by atomic mass is 127. The molecule has 0 aliphatic carbocycles. The van der Waals surface area contributed by atoms with Crippen molar-refractivity contribution in [3.05, 3.63) is 53.7 Å². The zero-order chi connectivity index (χ0) is 13.3. The Balaban J connectivity index is 2.55. The van der Waals surface area contributed by atoms with Crippen LogP contribution in [0.1, 0.15) is 17.2 Å². The van der Waals surface area contributed by atoms with Crippen LogP contribution in [0.25, 0.3) is 0 Å². The van der Waals surface area contributed by atoms with E-state index in [1.54, 1.807) is 18.4 Å². The molecule has 0 bridgehead atoms. The Hall–Kier alpha value is -0.0500. The third-order valence-electron chi connectivity index (χ3n) is 2.58. The number of benzene rings is 1. The average molecular weight is 444 g/mol. The van der Waals surface area contributed by atoms with Gasteiger partial charge in [0, 0.05) is 5.56 Å². The van der Waals surface area contributed by atoms with Gasteiger partial charge in [-0.2, -0.15) is 0 Å². The molecule has 1 unspecified atom stereocenters. The molecule has 1 nitrogen and oxygen atoms in total. The van der Waals surface area contributed by atoms with Crippen molar-refractivity contribution in [2.45, 2.75) is 6.04 Å². The second-order valence-corrected chi connectivity index (χ2v) is 7.32. The first-order valence-corrected chi connectivity index (χ1v) is 7.84. The summed E-state index contributed by atoms with van der Waals surface area (Å²) in [6.07, 6.45) is 0. The first-order valence-electron chi connectivity index (χ1n) is 5.09. The summed E-state index contributed by atoms with van der Waals surface area (Å²) in [5.41, 5.74) is 0.906. The quantitative estimate of drug-likeness (QED) is 0.535. The molecule has 0 aliphatic rings. The van der Waals surface area contributed by atoms with Gasteiger partial charge in [0.2, 0.25) is 0 Å². The van der Waals surface area contributed by atoms with Crippen LogP contribution in [-0.2, 0) is 0 Å². The van der Waals surface area contributed by atoms with Gasteiger partial charge in [0.15, 0.2) is 0 Å². The molecular formula is C12H9BrF2INS. The lowest BCUT2D eigenvalue weighted by molar-refractivity contribution is 0.519. The van der Waals surface area contributed by atoms with E-state index in [0.717, 1.165) is 8.45 Å². The van der Waals surface area contributed by atoms with Gasteiger partial charge in [0.05, 0.1) is 13.4 Å². The maximum absolute atomic E-state index is 14.1. The molecule has 1 atom stereocenters. The van der Waals surface area contributed by atoms with Crippen molar-refractivity contribution >= 4 is 49.9 Å². The molecule has 1 aromatic heterocycles. The molecule has 1 heterocycles. The molecule has 0 fully saturated rings. The molecule has 1 aromatic carbocycles. The second kappa shape index (κ2) is 5.94. The monoisotopic (exact) mass is 443 g/mol. The summed E-state index contributed by atoms with van der Waals surface area (Å²) in [5, 5.41) is 4.86. The highest BCUT2D eigenvalue weighted by molar-refractivity contribution is 14.1. The van der Waals surface area contributed by atoms with Gasteiger partial charge in [-0.05, 0) is 74.7 Å². The van der Waals surface area contributed by atoms with Crippen LogP contribution in [0.3, 0.4) is 0 Å². The fraction of sp³-hybridized carbons (Fsp3) is 0.167. The van der Waals surface area contributed by atoms with Crippen LogP contribution in [0.2, 0.25) is 0 Å². The second-order valence-electron chi connectivity index (χ2n) is 3.66. The van der Waals surface area contributed by atoms with E-state index in [2.05, 4.69) is 43.8 Å². The minimum Gasteiger partial charge on any atom is -0.309 e. The highest BCUT2D eigenvalue weighted by Gasteiger charge is 2.23. The van der Waals surface area contributed by atoms with E-state index in [4.69, 9.17) is 0 Å². The van der Waals surface area contributed by atoms with E-state index in [-0.39, 0.29) is 10.0 Å². The van der Waals surface area contributed by atoms with Crippen LogP contribution in [-0.4, -0.2) is 7.05 Å². The van der Waals surface area contributed by atoms with Crippen LogP contribution in [0, 0.1) is 14.5 Å². The van der Waals surface area contributed by atoms with Gasteiger partial charge in [-0.1, -0.05) is 0 Å². The van der Waals surface area contributed by atoms with Gasteiger partial charge in [0.25, 0.3) is 0 Å². The Bertz CT molecular complexity index is 573. The summed E-state index contributed by atoms with van der Waals surface area (Å²) in [6, 6.07) is 4.08. The SMILES string of the molecule is CNC(c1csc(I)c1)c1c(F)ccc(Br)c1F. The van der Waals surface area contributed by atoms with Crippen LogP contribution in [0.5, 0.6) is 0 Å². The Morgan fingerprint density at radius 2 is 2.11 bits per heavy atom. The van der Waals surface area contributed by atoms with E-state index in [1.807, 2.05) is 11.4 Å². The Morgan fingerprint density at radius 1 is 1.39 bits per heavy atom. The van der Waals surface area contributed by atoms with Gasteiger partial charge in [-0.3, -0.25) is 0 Å². The third kappa shape index (κ3) is 2.76. The zero-order valence-electron chi connectivity index (χ0n) is 9.31.